The Labute approximate surface area is 243 Å². The monoisotopic (exact) mass is 600 g/mol. The highest BCUT2D eigenvalue weighted by molar-refractivity contribution is 5.99. The van der Waals surface area contributed by atoms with Gasteiger partial charge in [0.1, 0.15) is 42.0 Å². The summed E-state index contributed by atoms with van der Waals surface area (Å²) in [6.45, 7) is -0.0421. The molecule has 2 saturated heterocycles. The molecule has 43 heavy (non-hydrogen) atoms. The summed E-state index contributed by atoms with van der Waals surface area (Å²) in [5, 5.41) is 50.9. The summed E-state index contributed by atoms with van der Waals surface area (Å²) < 4.78 is 33.0. The second-order valence-corrected chi connectivity index (χ2v) is 10.3. The van der Waals surface area contributed by atoms with Crippen LogP contribution in [0.15, 0.2) is 54.1 Å². The number of benzene rings is 1. The van der Waals surface area contributed by atoms with Gasteiger partial charge in [-0.3, -0.25) is 9.88 Å². The van der Waals surface area contributed by atoms with Gasteiger partial charge >= 0.3 is 6.09 Å². The highest BCUT2D eigenvalue weighted by atomic mass is 19.1. The number of amides is 1. The molecule has 1 aromatic carbocycles. The number of aliphatic hydroxyl groups excluding tert-OH is 4. The van der Waals surface area contributed by atoms with Crippen LogP contribution in [0.25, 0.3) is 11.1 Å². The number of anilines is 1. The zero-order valence-corrected chi connectivity index (χ0v) is 22.6. The summed E-state index contributed by atoms with van der Waals surface area (Å²) in [5.41, 5.74) is 2.21. The summed E-state index contributed by atoms with van der Waals surface area (Å²) in [6, 6.07) is 7.86. The van der Waals surface area contributed by atoms with Crippen LogP contribution in [0.3, 0.4) is 0 Å². The lowest BCUT2D eigenvalue weighted by molar-refractivity contribution is -0.304. The Balaban J connectivity index is 1.04. The minimum absolute atomic E-state index is 0.0584. The quantitative estimate of drug-likeness (QED) is 0.253. The molecule has 0 bridgehead atoms. The number of carbonyl (C=O) groups excluding carboxylic acids is 1. The van der Waals surface area contributed by atoms with Crippen molar-refractivity contribution in [1.82, 2.24) is 20.0 Å². The number of hydrogen-bond donors (Lipinski definition) is 4. The first-order valence-electron chi connectivity index (χ1n) is 13.5. The Kier molecular flexibility index (Phi) is 8.29. The van der Waals surface area contributed by atoms with Crippen LogP contribution in [-0.4, -0.2) is 115 Å². The smallest absolute Gasteiger partial charge is 0.414 e. The fourth-order valence-corrected chi connectivity index (χ4v) is 5.07. The van der Waals surface area contributed by atoms with Crippen LogP contribution in [0.2, 0.25) is 0 Å². The molecule has 4 N–H and O–H groups in total. The molecule has 228 valence electrons. The number of carbonyl (C=O) groups is 1. The Morgan fingerprint density at radius 2 is 1.95 bits per heavy atom. The largest absolute Gasteiger partial charge is 0.442 e. The third-order valence-electron chi connectivity index (χ3n) is 7.40. The van der Waals surface area contributed by atoms with Gasteiger partial charge in [-0.1, -0.05) is 16.4 Å². The SMILES string of the molecule is O=C1O[C@@H](Cn2ccnn2)CN1c1ccc(-c2ccc(C3=NOC(CO[C@@H]4O[C@H](CO)[C@@H](O)[C@H](O)[C@H]4O)C3)nc2)c(F)c1. The van der Waals surface area contributed by atoms with E-state index in [0.717, 1.165) is 0 Å². The molecule has 3 aliphatic heterocycles. The number of rotatable bonds is 9. The molecule has 0 spiro atoms. The van der Waals surface area contributed by atoms with Crippen LogP contribution in [-0.2, 0) is 25.6 Å². The number of pyridine rings is 1. The zero-order chi connectivity index (χ0) is 30.1. The molecule has 7 atom stereocenters. The van der Waals surface area contributed by atoms with E-state index in [1.807, 2.05) is 0 Å². The molecule has 15 nitrogen and oxygen atoms in total. The summed E-state index contributed by atoms with van der Waals surface area (Å²) in [4.78, 5) is 23.6. The minimum atomic E-state index is -1.55. The first kappa shape index (κ1) is 29.0. The predicted octanol–water partition coefficient (Wildman–Crippen LogP) is -0.186. The lowest BCUT2D eigenvalue weighted by Gasteiger charge is -2.39. The molecule has 0 radical (unpaired) electrons. The number of aromatic nitrogens is 4. The molecule has 2 aromatic heterocycles. The maximum atomic E-state index is 15.2. The molecule has 0 saturated carbocycles. The Hall–Kier alpha value is -4.06. The number of cyclic esters (lactones) is 1. The van der Waals surface area contributed by atoms with Gasteiger partial charge in [-0.05, 0) is 24.3 Å². The average molecular weight is 601 g/mol. The molecule has 1 unspecified atom stereocenters. The standard InChI is InChI=1S/C27H29FN6O9/c28-19-7-15(34-11-17(41-27(34)39)10-33-6-5-30-32-33)2-3-18(19)14-1-4-20(29-9-14)21-8-16(43-31-21)13-40-26-25(38)24(37)23(36)22(12-35)42-26/h1-7,9,16-17,22-26,35-38H,8,10-13H2/t16?,17-,22+,23+,24-,25+,26+/m0/s1. The van der Waals surface area contributed by atoms with Gasteiger partial charge in [-0.2, -0.15) is 0 Å². The highest BCUT2D eigenvalue weighted by Crippen LogP contribution is 2.30. The number of hydrogen-bond acceptors (Lipinski definition) is 13. The van der Waals surface area contributed by atoms with Gasteiger partial charge in [0.15, 0.2) is 12.4 Å². The fraction of sp³-hybridized carbons (Fsp3) is 0.444. The van der Waals surface area contributed by atoms with Crippen LogP contribution in [0.5, 0.6) is 0 Å². The van der Waals surface area contributed by atoms with Crippen LogP contribution >= 0.6 is 0 Å². The lowest BCUT2D eigenvalue weighted by atomic mass is 9.99. The predicted molar refractivity (Wildman–Crippen MR) is 143 cm³/mol. The molecule has 3 aromatic rings. The van der Waals surface area contributed by atoms with Gasteiger partial charge < -0.3 is 39.5 Å². The summed E-state index contributed by atoms with van der Waals surface area (Å²) in [6.07, 6.45) is -3.45. The number of aliphatic hydroxyl groups is 4. The van der Waals surface area contributed by atoms with E-state index in [2.05, 4.69) is 20.5 Å². The van der Waals surface area contributed by atoms with E-state index < -0.39 is 61.4 Å². The summed E-state index contributed by atoms with van der Waals surface area (Å²) >= 11 is 0. The van der Waals surface area contributed by atoms with E-state index >= 15 is 4.39 Å². The van der Waals surface area contributed by atoms with Crippen molar-refractivity contribution in [2.75, 3.05) is 24.7 Å². The van der Waals surface area contributed by atoms with Gasteiger partial charge in [0.2, 0.25) is 0 Å². The number of oxime groups is 1. The van der Waals surface area contributed by atoms with Crippen molar-refractivity contribution in [3.63, 3.8) is 0 Å². The Morgan fingerprint density at radius 3 is 2.67 bits per heavy atom. The number of halogens is 1. The molecular weight excluding hydrogens is 571 g/mol. The normalized spacial score (nSPS) is 29.0. The highest BCUT2D eigenvalue weighted by Gasteiger charge is 2.44. The first-order chi connectivity index (χ1) is 20.8. The molecule has 16 heteroatoms. The van der Waals surface area contributed by atoms with Crippen molar-refractivity contribution >= 4 is 17.5 Å². The van der Waals surface area contributed by atoms with E-state index in [4.69, 9.17) is 19.0 Å². The van der Waals surface area contributed by atoms with Gasteiger partial charge in [-0.15, -0.1) is 5.10 Å². The second-order valence-electron chi connectivity index (χ2n) is 10.3. The fourth-order valence-electron chi connectivity index (χ4n) is 5.07. The van der Waals surface area contributed by atoms with Gasteiger partial charge in [0.05, 0.1) is 43.9 Å². The topological polar surface area (TPSA) is 194 Å². The molecule has 1 amide bonds. The Morgan fingerprint density at radius 1 is 1.09 bits per heavy atom. The van der Waals surface area contributed by atoms with Crippen LogP contribution in [0.4, 0.5) is 14.9 Å². The summed E-state index contributed by atoms with van der Waals surface area (Å²) in [7, 11) is 0. The molecule has 5 heterocycles. The van der Waals surface area contributed by atoms with Crippen molar-refractivity contribution in [3.05, 3.63) is 60.4 Å². The number of ether oxygens (including phenoxy) is 3. The molecular formula is C27H29FN6O9. The summed E-state index contributed by atoms with van der Waals surface area (Å²) in [5.74, 6) is -0.536. The van der Waals surface area contributed by atoms with Crippen molar-refractivity contribution in [2.45, 2.75) is 55.9 Å². The first-order valence-corrected chi connectivity index (χ1v) is 13.5. The van der Waals surface area contributed by atoms with E-state index in [9.17, 15) is 25.2 Å². The number of nitrogens with zero attached hydrogens (tertiary/aromatic N) is 6. The molecule has 2 fully saturated rings. The van der Waals surface area contributed by atoms with Crippen molar-refractivity contribution in [2.24, 2.45) is 5.16 Å². The van der Waals surface area contributed by atoms with E-state index in [1.165, 1.54) is 23.4 Å². The average Bonchev–Trinajstić information content (AvgIpc) is 3.78. The minimum Gasteiger partial charge on any atom is -0.442 e. The maximum absolute atomic E-state index is 15.2. The molecule has 3 aliphatic rings. The van der Waals surface area contributed by atoms with Gasteiger partial charge in [-0.25, -0.2) is 13.9 Å². The van der Waals surface area contributed by atoms with Crippen LogP contribution < -0.4 is 4.90 Å². The Bertz CT molecular complexity index is 1460. The van der Waals surface area contributed by atoms with Crippen LogP contribution in [0, 0.1) is 5.82 Å². The van der Waals surface area contributed by atoms with Gasteiger partial charge in [0.25, 0.3) is 0 Å². The third-order valence-corrected chi connectivity index (χ3v) is 7.40. The van der Waals surface area contributed by atoms with Gasteiger partial charge in [0, 0.05) is 29.9 Å². The van der Waals surface area contributed by atoms with Crippen molar-refractivity contribution in [1.29, 1.82) is 0 Å². The van der Waals surface area contributed by atoms with Crippen molar-refractivity contribution in [3.8, 4) is 11.1 Å². The maximum Gasteiger partial charge on any atom is 0.414 e. The molecule has 6 rings (SSSR count). The lowest BCUT2D eigenvalue weighted by Crippen LogP contribution is -2.59. The third kappa shape index (κ3) is 6.06. The van der Waals surface area contributed by atoms with E-state index in [1.54, 1.807) is 35.1 Å². The van der Waals surface area contributed by atoms with Crippen LogP contribution in [0.1, 0.15) is 12.1 Å². The van der Waals surface area contributed by atoms with E-state index in [-0.39, 0.29) is 13.2 Å². The zero-order valence-electron chi connectivity index (χ0n) is 22.6. The molecule has 0 aliphatic carbocycles. The van der Waals surface area contributed by atoms with Crippen molar-refractivity contribution < 1.29 is 48.7 Å². The second kappa shape index (κ2) is 12.3. The van der Waals surface area contributed by atoms with E-state index in [0.29, 0.717) is 41.2 Å².